The minimum Gasteiger partial charge on any atom is -0.377 e. The van der Waals surface area contributed by atoms with Crippen molar-refractivity contribution in [3.63, 3.8) is 0 Å². The summed E-state index contributed by atoms with van der Waals surface area (Å²) in [6, 6.07) is 1.85. The summed E-state index contributed by atoms with van der Waals surface area (Å²) < 4.78 is 5.01. The third kappa shape index (κ3) is 4.34. The van der Waals surface area contributed by atoms with Crippen LogP contribution >= 0.6 is 11.8 Å². The number of nitrogens with two attached hydrogens (primary N) is 1. The molecular weight excluding hydrogens is 224 g/mol. The highest BCUT2D eigenvalue weighted by Gasteiger charge is 2.04. The Morgan fingerprint density at radius 3 is 2.94 bits per heavy atom. The minimum absolute atomic E-state index is 0.400. The molecule has 0 aliphatic carbocycles. The zero-order valence-electron chi connectivity index (χ0n) is 9.69. The van der Waals surface area contributed by atoms with Crippen molar-refractivity contribution < 1.29 is 4.74 Å². The number of nitrogens with one attached hydrogen (secondary N) is 1. The molecule has 0 bridgehead atoms. The largest absolute Gasteiger partial charge is 0.377 e. The first-order valence-corrected chi connectivity index (χ1v) is 6.25. The molecule has 0 amide bonds. The summed E-state index contributed by atoms with van der Waals surface area (Å²) in [5, 5.41) is 0.934. The van der Waals surface area contributed by atoms with Crippen LogP contribution in [0.1, 0.15) is 25.6 Å². The Balaban J connectivity index is 2.69. The van der Waals surface area contributed by atoms with Crippen molar-refractivity contribution in [2.75, 3.05) is 18.3 Å². The lowest BCUT2D eigenvalue weighted by atomic mass is 10.4. The van der Waals surface area contributed by atoms with Crippen LogP contribution in [0.4, 0.5) is 5.82 Å². The van der Waals surface area contributed by atoms with Gasteiger partial charge in [0.15, 0.2) is 5.82 Å². The van der Waals surface area contributed by atoms with Gasteiger partial charge in [-0.15, -0.1) is 11.8 Å². The molecule has 0 spiro atoms. The van der Waals surface area contributed by atoms with Crippen molar-refractivity contribution in [3.05, 3.63) is 11.9 Å². The van der Waals surface area contributed by atoms with E-state index in [-0.39, 0.29) is 0 Å². The Labute approximate surface area is 100 Å². The topological polar surface area (TPSA) is 73.1 Å². The van der Waals surface area contributed by atoms with E-state index in [1.54, 1.807) is 18.9 Å². The van der Waals surface area contributed by atoms with E-state index in [1.807, 2.05) is 6.07 Å². The molecule has 6 heteroatoms. The molecule has 0 fully saturated rings. The molecule has 0 saturated carbocycles. The van der Waals surface area contributed by atoms with Crippen LogP contribution in [0.25, 0.3) is 0 Å². The Morgan fingerprint density at radius 1 is 1.50 bits per heavy atom. The number of nitrogen functional groups attached to an aromatic ring is 1. The quantitative estimate of drug-likeness (QED) is 0.250. The highest BCUT2D eigenvalue weighted by Crippen LogP contribution is 2.19. The lowest BCUT2D eigenvalue weighted by Gasteiger charge is -2.06. The molecule has 0 saturated heterocycles. The molecule has 1 heterocycles. The molecule has 1 rings (SSSR count). The minimum atomic E-state index is 0.400. The number of ether oxygens (including phenoxy) is 1. The Hall–Kier alpha value is -0.850. The van der Waals surface area contributed by atoms with Gasteiger partial charge in [0.1, 0.15) is 17.5 Å². The van der Waals surface area contributed by atoms with Gasteiger partial charge >= 0.3 is 0 Å². The van der Waals surface area contributed by atoms with Crippen LogP contribution in [0.2, 0.25) is 0 Å². The third-order valence-corrected chi connectivity index (χ3v) is 2.92. The van der Waals surface area contributed by atoms with Crippen molar-refractivity contribution in [2.45, 2.75) is 31.4 Å². The SMILES string of the molecule is CCCCSc1cc(NN)nc(COC)n1. The maximum absolute atomic E-state index is 5.35. The molecule has 0 aliphatic heterocycles. The maximum atomic E-state index is 5.35. The number of anilines is 1. The summed E-state index contributed by atoms with van der Waals surface area (Å²) in [4.78, 5) is 8.56. The predicted molar refractivity (Wildman–Crippen MR) is 66.2 cm³/mol. The molecule has 3 N–H and O–H groups in total. The van der Waals surface area contributed by atoms with Crippen LogP contribution in [0.3, 0.4) is 0 Å². The van der Waals surface area contributed by atoms with Gasteiger partial charge in [0.2, 0.25) is 0 Å². The first-order valence-electron chi connectivity index (χ1n) is 5.26. The molecule has 0 aromatic carbocycles. The Bertz CT molecular complexity index is 322. The number of hydrazine groups is 1. The van der Waals surface area contributed by atoms with Gasteiger partial charge in [0.05, 0.1) is 0 Å². The molecule has 1 aromatic rings. The second-order valence-electron chi connectivity index (χ2n) is 3.29. The zero-order chi connectivity index (χ0) is 11.8. The van der Waals surface area contributed by atoms with Crippen LogP contribution in [-0.2, 0) is 11.3 Å². The van der Waals surface area contributed by atoms with Crippen molar-refractivity contribution in [1.82, 2.24) is 9.97 Å². The summed E-state index contributed by atoms with van der Waals surface area (Å²) in [5.41, 5.74) is 2.54. The van der Waals surface area contributed by atoms with Gasteiger partial charge in [-0.05, 0) is 12.2 Å². The van der Waals surface area contributed by atoms with E-state index >= 15 is 0 Å². The van der Waals surface area contributed by atoms with Gasteiger partial charge in [-0.25, -0.2) is 15.8 Å². The van der Waals surface area contributed by atoms with Crippen molar-refractivity contribution in [3.8, 4) is 0 Å². The molecule has 0 radical (unpaired) electrons. The summed E-state index contributed by atoms with van der Waals surface area (Å²) in [6.07, 6.45) is 2.37. The molecule has 5 nitrogen and oxygen atoms in total. The van der Waals surface area contributed by atoms with Crippen LogP contribution in [0.5, 0.6) is 0 Å². The van der Waals surface area contributed by atoms with E-state index in [0.717, 1.165) is 10.8 Å². The number of hydrogen-bond donors (Lipinski definition) is 2. The number of rotatable bonds is 7. The van der Waals surface area contributed by atoms with Crippen LogP contribution < -0.4 is 11.3 Å². The predicted octanol–water partition coefficient (Wildman–Crippen LogP) is 1.80. The lowest BCUT2D eigenvalue weighted by Crippen LogP contribution is -2.11. The van der Waals surface area contributed by atoms with Gasteiger partial charge in [0, 0.05) is 13.2 Å². The van der Waals surface area contributed by atoms with Crippen molar-refractivity contribution in [2.24, 2.45) is 5.84 Å². The monoisotopic (exact) mass is 242 g/mol. The zero-order valence-corrected chi connectivity index (χ0v) is 10.5. The number of nitrogens with zero attached hydrogens (tertiary/aromatic N) is 2. The average molecular weight is 242 g/mol. The number of methoxy groups -OCH3 is 1. The second-order valence-corrected chi connectivity index (χ2v) is 4.40. The van der Waals surface area contributed by atoms with Crippen LogP contribution in [0.15, 0.2) is 11.1 Å². The smallest absolute Gasteiger partial charge is 0.157 e. The molecular formula is C10H18N4OS. The number of unbranched alkanes of at least 4 members (excludes halogenated alkanes) is 1. The fourth-order valence-electron chi connectivity index (χ4n) is 1.14. The Morgan fingerprint density at radius 2 is 2.31 bits per heavy atom. The van der Waals surface area contributed by atoms with Crippen LogP contribution in [-0.4, -0.2) is 22.8 Å². The average Bonchev–Trinajstić information content (AvgIpc) is 2.29. The fourth-order valence-corrected chi connectivity index (χ4v) is 2.14. The van der Waals surface area contributed by atoms with Gasteiger partial charge < -0.3 is 10.2 Å². The standard InChI is InChI=1S/C10H18N4OS/c1-3-4-5-16-10-6-8(14-11)12-9(13-10)7-15-2/h6H,3-5,7,11H2,1-2H3,(H,12,13,14). The summed E-state index contributed by atoms with van der Waals surface area (Å²) in [7, 11) is 1.62. The van der Waals surface area contributed by atoms with Gasteiger partial charge in [-0.1, -0.05) is 13.3 Å². The van der Waals surface area contributed by atoms with E-state index in [9.17, 15) is 0 Å². The van der Waals surface area contributed by atoms with E-state index < -0.39 is 0 Å². The first-order chi connectivity index (χ1) is 7.80. The van der Waals surface area contributed by atoms with E-state index in [1.165, 1.54) is 12.8 Å². The number of hydrogen-bond acceptors (Lipinski definition) is 6. The third-order valence-electron chi connectivity index (χ3n) is 1.92. The van der Waals surface area contributed by atoms with Crippen LogP contribution in [0, 0.1) is 0 Å². The molecule has 0 aliphatic rings. The van der Waals surface area contributed by atoms with Gasteiger partial charge in [-0.3, -0.25) is 0 Å². The van der Waals surface area contributed by atoms with E-state index in [2.05, 4.69) is 22.3 Å². The van der Waals surface area contributed by atoms with Crippen molar-refractivity contribution >= 4 is 17.6 Å². The number of thioether (sulfide) groups is 1. The van der Waals surface area contributed by atoms with Gasteiger partial charge in [0.25, 0.3) is 0 Å². The normalized spacial score (nSPS) is 10.4. The number of aromatic nitrogens is 2. The first kappa shape index (κ1) is 13.2. The fraction of sp³-hybridized carbons (Fsp3) is 0.600. The summed E-state index contributed by atoms with van der Waals surface area (Å²) in [5.74, 6) is 7.68. The molecule has 0 atom stereocenters. The van der Waals surface area contributed by atoms with Crippen molar-refractivity contribution in [1.29, 1.82) is 0 Å². The van der Waals surface area contributed by atoms with E-state index in [4.69, 9.17) is 10.6 Å². The summed E-state index contributed by atoms with van der Waals surface area (Å²) in [6.45, 7) is 2.57. The summed E-state index contributed by atoms with van der Waals surface area (Å²) >= 11 is 1.71. The molecule has 16 heavy (non-hydrogen) atoms. The lowest BCUT2D eigenvalue weighted by molar-refractivity contribution is 0.177. The molecule has 1 aromatic heterocycles. The highest BCUT2D eigenvalue weighted by molar-refractivity contribution is 7.99. The Kier molecular flexibility index (Phi) is 6.14. The molecule has 90 valence electrons. The molecule has 0 unspecified atom stereocenters. The maximum Gasteiger partial charge on any atom is 0.157 e. The van der Waals surface area contributed by atoms with Gasteiger partial charge in [-0.2, -0.15) is 0 Å². The van der Waals surface area contributed by atoms with E-state index in [0.29, 0.717) is 18.2 Å². The highest BCUT2D eigenvalue weighted by atomic mass is 32.2. The second kappa shape index (κ2) is 7.43.